The second kappa shape index (κ2) is 6.01. The summed E-state index contributed by atoms with van der Waals surface area (Å²) in [7, 11) is 0. The van der Waals surface area contributed by atoms with Gasteiger partial charge in [-0.05, 0) is 31.0 Å². The topological polar surface area (TPSA) is 54.4 Å². The van der Waals surface area contributed by atoms with E-state index in [4.69, 9.17) is 16.7 Å². The molecule has 1 aromatic rings. The van der Waals surface area contributed by atoms with Crippen molar-refractivity contribution in [2.24, 2.45) is 5.41 Å². The highest BCUT2D eigenvalue weighted by Gasteiger charge is 2.33. The van der Waals surface area contributed by atoms with E-state index in [1.807, 2.05) is 6.07 Å². The number of ketones is 1. The minimum absolute atomic E-state index is 0.0470. The minimum atomic E-state index is -0.977. The van der Waals surface area contributed by atoms with Crippen molar-refractivity contribution in [3.8, 4) is 0 Å². The van der Waals surface area contributed by atoms with Gasteiger partial charge in [-0.2, -0.15) is 0 Å². The molecule has 0 amide bonds. The summed E-state index contributed by atoms with van der Waals surface area (Å²) >= 11 is 5.83. The lowest BCUT2D eigenvalue weighted by molar-refractivity contribution is -0.150. The number of halogens is 1. The maximum absolute atomic E-state index is 11.9. The Labute approximate surface area is 112 Å². The first-order valence-electron chi connectivity index (χ1n) is 5.87. The Balaban J connectivity index is 2.70. The van der Waals surface area contributed by atoms with E-state index in [0.717, 1.165) is 5.56 Å². The molecule has 0 aliphatic carbocycles. The van der Waals surface area contributed by atoms with Crippen molar-refractivity contribution in [3.05, 3.63) is 34.9 Å². The number of benzene rings is 1. The molecular formula is C14H17ClO3. The Morgan fingerprint density at radius 2 is 2.06 bits per heavy atom. The van der Waals surface area contributed by atoms with Crippen LogP contribution in [0.5, 0.6) is 0 Å². The van der Waals surface area contributed by atoms with Gasteiger partial charge in [-0.1, -0.05) is 30.7 Å². The molecule has 1 N–H and O–H groups in total. The van der Waals surface area contributed by atoms with Gasteiger partial charge in [-0.3, -0.25) is 9.59 Å². The molecule has 1 aromatic carbocycles. The van der Waals surface area contributed by atoms with Crippen molar-refractivity contribution in [2.45, 2.75) is 33.1 Å². The van der Waals surface area contributed by atoms with Crippen molar-refractivity contribution in [3.63, 3.8) is 0 Å². The van der Waals surface area contributed by atoms with E-state index in [2.05, 4.69) is 0 Å². The van der Waals surface area contributed by atoms with Gasteiger partial charge in [0.05, 0.1) is 5.41 Å². The zero-order valence-electron chi connectivity index (χ0n) is 10.6. The molecule has 0 saturated carbocycles. The lowest BCUT2D eigenvalue weighted by Crippen LogP contribution is -2.30. The van der Waals surface area contributed by atoms with Crippen LogP contribution < -0.4 is 0 Å². The van der Waals surface area contributed by atoms with E-state index < -0.39 is 11.4 Å². The van der Waals surface area contributed by atoms with Gasteiger partial charge in [0.1, 0.15) is 5.78 Å². The first-order valence-corrected chi connectivity index (χ1v) is 6.25. The van der Waals surface area contributed by atoms with Crippen LogP contribution in [0.25, 0.3) is 0 Å². The van der Waals surface area contributed by atoms with Gasteiger partial charge in [-0.25, -0.2) is 0 Å². The Bertz CT molecular complexity index is 456. The molecule has 1 rings (SSSR count). The zero-order valence-corrected chi connectivity index (χ0v) is 11.3. The number of carboxylic acid groups (broad SMARTS) is 1. The number of Topliss-reactive ketones (excluding diaryl/α,β-unsaturated/α-hetero) is 1. The highest BCUT2D eigenvalue weighted by molar-refractivity contribution is 6.30. The lowest BCUT2D eigenvalue weighted by atomic mass is 9.81. The summed E-state index contributed by atoms with van der Waals surface area (Å²) in [6.45, 7) is 3.38. The van der Waals surface area contributed by atoms with Crippen LogP contribution in [0.3, 0.4) is 0 Å². The Kier molecular flexibility index (Phi) is 4.91. The Morgan fingerprint density at radius 1 is 1.39 bits per heavy atom. The second-order valence-electron chi connectivity index (χ2n) is 4.74. The van der Waals surface area contributed by atoms with Crippen LogP contribution >= 0.6 is 11.6 Å². The molecule has 0 aliphatic rings. The molecule has 0 heterocycles. The molecule has 0 fully saturated rings. The predicted octanol–water partition coefficient (Wildman–Crippen LogP) is 3.34. The van der Waals surface area contributed by atoms with Gasteiger partial charge < -0.3 is 5.11 Å². The van der Waals surface area contributed by atoms with Crippen molar-refractivity contribution in [1.29, 1.82) is 0 Å². The van der Waals surface area contributed by atoms with Crippen LogP contribution in [-0.4, -0.2) is 16.9 Å². The van der Waals surface area contributed by atoms with Crippen LogP contribution in [0.15, 0.2) is 24.3 Å². The fourth-order valence-corrected chi connectivity index (χ4v) is 1.94. The zero-order chi connectivity index (χ0) is 13.8. The molecule has 4 heteroatoms. The number of hydrogen-bond donors (Lipinski definition) is 1. The monoisotopic (exact) mass is 268 g/mol. The van der Waals surface area contributed by atoms with Gasteiger partial charge in [-0.15, -0.1) is 0 Å². The summed E-state index contributed by atoms with van der Waals surface area (Å²) < 4.78 is 0. The van der Waals surface area contributed by atoms with Crippen LogP contribution in [0.4, 0.5) is 0 Å². The highest BCUT2D eigenvalue weighted by Crippen LogP contribution is 2.27. The summed E-state index contributed by atoms with van der Waals surface area (Å²) in [4.78, 5) is 23.0. The second-order valence-corrected chi connectivity index (χ2v) is 5.18. The Morgan fingerprint density at radius 3 is 2.56 bits per heavy atom. The normalized spacial score (nSPS) is 13.9. The predicted molar refractivity (Wildman–Crippen MR) is 70.8 cm³/mol. The molecule has 1 atom stereocenters. The number of hydrogen-bond acceptors (Lipinski definition) is 2. The highest BCUT2D eigenvalue weighted by atomic mass is 35.5. The first-order chi connectivity index (χ1) is 8.37. The number of rotatable bonds is 6. The van der Waals surface area contributed by atoms with Gasteiger partial charge >= 0.3 is 5.97 Å². The standard InChI is InChI=1S/C14H17ClO3/c1-3-14(2,13(17)18)9-12(16)8-10-5-4-6-11(15)7-10/h4-7H,3,8-9H2,1-2H3,(H,17,18)/t14-/m0/s1. The molecular weight excluding hydrogens is 252 g/mol. The van der Waals surface area contributed by atoms with Gasteiger partial charge in [0, 0.05) is 17.9 Å². The lowest BCUT2D eigenvalue weighted by Gasteiger charge is -2.21. The van der Waals surface area contributed by atoms with Crippen LogP contribution in [0, 0.1) is 5.41 Å². The molecule has 0 aliphatic heterocycles. The average molecular weight is 269 g/mol. The SMILES string of the molecule is CC[C@@](C)(CC(=O)Cc1cccc(Cl)c1)C(=O)O. The quantitative estimate of drug-likeness (QED) is 0.861. The number of carbonyl (C=O) groups excluding carboxylic acids is 1. The molecule has 3 nitrogen and oxygen atoms in total. The van der Waals surface area contributed by atoms with E-state index in [1.165, 1.54) is 0 Å². The van der Waals surface area contributed by atoms with Crippen molar-refractivity contribution in [2.75, 3.05) is 0 Å². The summed E-state index contributed by atoms with van der Waals surface area (Å²) in [5, 5.41) is 9.70. The van der Waals surface area contributed by atoms with Gasteiger partial charge in [0.25, 0.3) is 0 Å². The molecule has 0 spiro atoms. The fraction of sp³-hybridized carbons (Fsp3) is 0.429. The Hall–Kier alpha value is -1.35. The smallest absolute Gasteiger partial charge is 0.309 e. The maximum Gasteiger partial charge on any atom is 0.309 e. The third-order valence-corrected chi connectivity index (χ3v) is 3.41. The van der Waals surface area contributed by atoms with Gasteiger partial charge in [0.2, 0.25) is 0 Å². The van der Waals surface area contributed by atoms with Crippen LogP contribution in [0.2, 0.25) is 5.02 Å². The molecule has 0 aromatic heterocycles. The van der Waals surface area contributed by atoms with Crippen LogP contribution in [0.1, 0.15) is 32.3 Å². The molecule has 0 unspecified atom stereocenters. The summed E-state index contributed by atoms with van der Waals surface area (Å²) in [6.07, 6.45) is 0.707. The molecule has 0 radical (unpaired) electrons. The summed E-state index contributed by atoms with van der Waals surface area (Å²) in [5.41, 5.74) is -0.160. The van der Waals surface area contributed by atoms with Gasteiger partial charge in [0.15, 0.2) is 0 Å². The molecule has 18 heavy (non-hydrogen) atoms. The van der Waals surface area contributed by atoms with E-state index in [1.54, 1.807) is 32.0 Å². The van der Waals surface area contributed by atoms with E-state index >= 15 is 0 Å². The summed E-state index contributed by atoms with van der Waals surface area (Å²) in [6, 6.07) is 7.06. The van der Waals surface area contributed by atoms with Crippen molar-refractivity contribution < 1.29 is 14.7 Å². The van der Waals surface area contributed by atoms with E-state index in [0.29, 0.717) is 11.4 Å². The molecule has 0 saturated heterocycles. The van der Waals surface area contributed by atoms with E-state index in [9.17, 15) is 9.59 Å². The third kappa shape index (κ3) is 3.84. The van der Waals surface area contributed by atoms with Crippen molar-refractivity contribution in [1.82, 2.24) is 0 Å². The maximum atomic E-state index is 11.9. The molecule has 0 bridgehead atoms. The third-order valence-electron chi connectivity index (χ3n) is 3.17. The number of aliphatic carboxylic acids is 1. The molecule has 98 valence electrons. The number of carbonyl (C=O) groups is 2. The summed E-state index contributed by atoms with van der Waals surface area (Å²) in [5.74, 6) is -1.01. The fourth-order valence-electron chi connectivity index (χ4n) is 1.72. The average Bonchev–Trinajstić information content (AvgIpc) is 2.28. The number of carboxylic acids is 1. The largest absolute Gasteiger partial charge is 0.481 e. The van der Waals surface area contributed by atoms with Crippen molar-refractivity contribution >= 4 is 23.4 Å². The van der Waals surface area contributed by atoms with E-state index in [-0.39, 0.29) is 18.6 Å². The first kappa shape index (κ1) is 14.7. The minimum Gasteiger partial charge on any atom is -0.481 e. The van der Waals surface area contributed by atoms with Crippen LogP contribution in [-0.2, 0) is 16.0 Å².